The van der Waals surface area contributed by atoms with Gasteiger partial charge in [0.25, 0.3) is 0 Å². The van der Waals surface area contributed by atoms with Gasteiger partial charge in [-0.3, -0.25) is 0 Å². The van der Waals surface area contributed by atoms with Gasteiger partial charge in [0, 0.05) is 12.1 Å². The second-order valence-corrected chi connectivity index (χ2v) is 3.02. The Labute approximate surface area is 50.5 Å². The number of hydrogen-bond donors (Lipinski definition) is 1. The van der Waals surface area contributed by atoms with Crippen LogP contribution in [0.25, 0.3) is 0 Å². The molecule has 0 aromatic carbocycles. The zero-order valence-corrected chi connectivity index (χ0v) is 5.19. The van der Waals surface area contributed by atoms with Crippen molar-refractivity contribution in [2.75, 3.05) is 0 Å². The second kappa shape index (κ2) is 1.73. The maximum absolute atomic E-state index is 3.47. The summed E-state index contributed by atoms with van der Waals surface area (Å²) in [6.07, 6.45) is 7.31. The topological polar surface area (TPSA) is 21.9 Å². The summed E-state index contributed by atoms with van der Waals surface area (Å²) in [5.74, 6) is 0. The lowest BCUT2D eigenvalue weighted by atomic mass is 10.2. The van der Waals surface area contributed by atoms with E-state index in [1.54, 1.807) is 0 Å². The highest BCUT2D eigenvalue weighted by Gasteiger charge is 2.35. The summed E-state index contributed by atoms with van der Waals surface area (Å²) < 4.78 is 0. The third-order valence-corrected chi connectivity index (χ3v) is 2.33. The van der Waals surface area contributed by atoms with Crippen molar-refractivity contribution < 1.29 is 0 Å². The summed E-state index contributed by atoms with van der Waals surface area (Å²) in [6, 6.07) is 1.88. The van der Waals surface area contributed by atoms with E-state index in [4.69, 9.17) is 0 Å². The number of fused-ring (bicyclic) bond motifs is 1. The number of rotatable bonds is 0. The Morgan fingerprint density at radius 2 is 1.50 bits per heavy atom. The molecule has 0 aromatic rings. The molecule has 0 spiro atoms. The first-order valence-electron chi connectivity index (χ1n) is 3.73. The third kappa shape index (κ3) is 0.752. The second-order valence-electron chi connectivity index (χ2n) is 3.02. The smallest absolute Gasteiger partial charge is 0.0224 e. The monoisotopic (exact) mass is 111 g/mol. The van der Waals surface area contributed by atoms with Crippen molar-refractivity contribution >= 4 is 0 Å². The Bertz CT molecular complexity index is 80.4. The molecule has 1 nitrogen and oxygen atoms in total. The van der Waals surface area contributed by atoms with E-state index in [1.807, 2.05) is 0 Å². The zero-order valence-electron chi connectivity index (χ0n) is 5.19. The molecule has 0 amide bonds. The molecule has 0 unspecified atom stereocenters. The summed E-state index contributed by atoms with van der Waals surface area (Å²) >= 11 is 0. The number of hydrogen-bond acceptors (Lipinski definition) is 1. The molecule has 8 heavy (non-hydrogen) atoms. The Morgan fingerprint density at radius 3 is 2.12 bits per heavy atom. The van der Waals surface area contributed by atoms with Crippen molar-refractivity contribution in [1.29, 1.82) is 0 Å². The SMILES string of the molecule is C1CC[C@H]2N[C@@H]2CC1. The van der Waals surface area contributed by atoms with Crippen LogP contribution < -0.4 is 5.32 Å². The van der Waals surface area contributed by atoms with Gasteiger partial charge in [-0.2, -0.15) is 0 Å². The van der Waals surface area contributed by atoms with Gasteiger partial charge in [-0.05, 0) is 12.8 Å². The molecule has 1 N–H and O–H groups in total. The zero-order chi connectivity index (χ0) is 5.40. The van der Waals surface area contributed by atoms with E-state index in [9.17, 15) is 0 Å². The molecule has 0 bridgehead atoms. The standard InChI is InChI=1S/C7H13N/c1-2-4-6-7(8-6)5-3-1/h6-8H,1-5H2/t6-,7-/m1/s1. The summed E-state index contributed by atoms with van der Waals surface area (Å²) in [5.41, 5.74) is 0. The molecular formula is C7H13N. The van der Waals surface area contributed by atoms with E-state index in [2.05, 4.69) is 5.32 Å². The Kier molecular flexibility index (Phi) is 1.04. The molecular weight excluding hydrogens is 98.1 g/mol. The molecule has 1 saturated heterocycles. The lowest BCUT2D eigenvalue weighted by molar-refractivity contribution is 0.650. The molecule has 2 atom stereocenters. The summed E-state index contributed by atoms with van der Waals surface area (Å²) in [7, 11) is 0. The van der Waals surface area contributed by atoms with Crippen LogP contribution in [-0.2, 0) is 0 Å². The largest absolute Gasteiger partial charge is 0.308 e. The van der Waals surface area contributed by atoms with Crippen LogP contribution in [0, 0.1) is 0 Å². The predicted octanol–water partition coefficient (Wildman–Crippen LogP) is 1.29. The van der Waals surface area contributed by atoms with Gasteiger partial charge in [0.1, 0.15) is 0 Å². The summed E-state index contributed by atoms with van der Waals surface area (Å²) in [6.45, 7) is 0. The van der Waals surface area contributed by atoms with Crippen LogP contribution in [0.1, 0.15) is 32.1 Å². The van der Waals surface area contributed by atoms with Crippen LogP contribution in [0.3, 0.4) is 0 Å². The van der Waals surface area contributed by atoms with Gasteiger partial charge in [0.2, 0.25) is 0 Å². The molecule has 2 aliphatic rings. The van der Waals surface area contributed by atoms with Crippen LogP contribution in [0.15, 0.2) is 0 Å². The fourth-order valence-electron chi connectivity index (χ4n) is 1.69. The average molecular weight is 111 g/mol. The quantitative estimate of drug-likeness (QED) is 0.467. The highest BCUT2D eigenvalue weighted by Crippen LogP contribution is 2.26. The molecule has 1 heterocycles. The van der Waals surface area contributed by atoms with Crippen molar-refractivity contribution in [3.05, 3.63) is 0 Å². The normalized spacial score (nSPS) is 45.0. The van der Waals surface area contributed by atoms with Gasteiger partial charge in [0.15, 0.2) is 0 Å². The minimum Gasteiger partial charge on any atom is -0.308 e. The fraction of sp³-hybridized carbons (Fsp3) is 1.00. The number of nitrogens with one attached hydrogen (secondary N) is 1. The van der Waals surface area contributed by atoms with Gasteiger partial charge in [-0.15, -0.1) is 0 Å². The van der Waals surface area contributed by atoms with Gasteiger partial charge in [0.05, 0.1) is 0 Å². The van der Waals surface area contributed by atoms with Crippen LogP contribution in [0.2, 0.25) is 0 Å². The van der Waals surface area contributed by atoms with Crippen molar-refractivity contribution in [1.82, 2.24) is 5.32 Å². The van der Waals surface area contributed by atoms with E-state index in [1.165, 1.54) is 32.1 Å². The average Bonchev–Trinajstić information content (AvgIpc) is 2.36. The summed E-state index contributed by atoms with van der Waals surface area (Å²) in [4.78, 5) is 0. The first-order chi connectivity index (χ1) is 3.97. The van der Waals surface area contributed by atoms with Crippen molar-refractivity contribution in [3.8, 4) is 0 Å². The first kappa shape index (κ1) is 4.80. The molecule has 1 saturated carbocycles. The van der Waals surface area contributed by atoms with Gasteiger partial charge < -0.3 is 5.32 Å². The molecule has 0 aromatic heterocycles. The Hall–Kier alpha value is -0.0400. The lowest BCUT2D eigenvalue weighted by Gasteiger charge is -1.91. The van der Waals surface area contributed by atoms with Crippen LogP contribution in [-0.4, -0.2) is 12.1 Å². The highest BCUT2D eigenvalue weighted by atomic mass is 15.1. The molecule has 2 fully saturated rings. The van der Waals surface area contributed by atoms with E-state index in [0.717, 1.165) is 12.1 Å². The minimum absolute atomic E-state index is 0.942. The van der Waals surface area contributed by atoms with Crippen LogP contribution in [0.5, 0.6) is 0 Å². The molecule has 1 heteroatoms. The summed E-state index contributed by atoms with van der Waals surface area (Å²) in [5, 5.41) is 3.47. The van der Waals surface area contributed by atoms with Crippen molar-refractivity contribution in [2.45, 2.75) is 44.2 Å². The van der Waals surface area contributed by atoms with Gasteiger partial charge in [-0.25, -0.2) is 0 Å². The maximum atomic E-state index is 3.47. The van der Waals surface area contributed by atoms with E-state index in [-0.39, 0.29) is 0 Å². The molecule has 1 aliphatic carbocycles. The first-order valence-corrected chi connectivity index (χ1v) is 3.73. The molecule has 46 valence electrons. The molecule has 2 rings (SSSR count). The van der Waals surface area contributed by atoms with Crippen LogP contribution in [0.4, 0.5) is 0 Å². The molecule has 1 aliphatic heterocycles. The van der Waals surface area contributed by atoms with Crippen molar-refractivity contribution in [2.24, 2.45) is 0 Å². The maximum Gasteiger partial charge on any atom is 0.0224 e. The highest BCUT2D eigenvalue weighted by molar-refractivity contribution is 4.98. The fourth-order valence-corrected chi connectivity index (χ4v) is 1.69. The minimum atomic E-state index is 0.942. The molecule has 0 radical (unpaired) electrons. The van der Waals surface area contributed by atoms with Crippen LogP contribution >= 0.6 is 0 Å². The Morgan fingerprint density at radius 1 is 0.875 bits per heavy atom. The van der Waals surface area contributed by atoms with E-state index < -0.39 is 0 Å². The van der Waals surface area contributed by atoms with Gasteiger partial charge >= 0.3 is 0 Å². The van der Waals surface area contributed by atoms with Gasteiger partial charge in [-0.1, -0.05) is 19.3 Å². The van der Waals surface area contributed by atoms with E-state index >= 15 is 0 Å². The lowest BCUT2D eigenvalue weighted by Crippen LogP contribution is -1.87. The third-order valence-electron chi connectivity index (χ3n) is 2.33. The van der Waals surface area contributed by atoms with Crippen molar-refractivity contribution in [3.63, 3.8) is 0 Å². The Balaban J connectivity index is 1.89. The van der Waals surface area contributed by atoms with E-state index in [0.29, 0.717) is 0 Å². The predicted molar refractivity (Wildman–Crippen MR) is 33.8 cm³/mol.